The summed E-state index contributed by atoms with van der Waals surface area (Å²) in [5, 5.41) is 8.59. The molecule has 1 aromatic carbocycles. The number of halogens is 2. The van der Waals surface area contributed by atoms with Crippen molar-refractivity contribution in [1.82, 2.24) is 20.0 Å². The van der Waals surface area contributed by atoms with Gasteiger partial charge >= 0.3 is 0 Å². The molecule has 9 heteroatoms. The zero-order chi connectivity index (χ0) is 21.7. The minimum atomic E-state index is -0.105. The Balaban J connectivity index is 0.00000289. The van der Waals surface area contributed by atoms with Crippen molar-refractivity contribution in [3.8, 4) is 0 Å². The molecule has 0 bridgehead atoms. The maximum atomic E-state index is 6.62. The van der Waals surface area contributed by atoms with Gasteiger partial charge in [0.25, 0.3) is 0 Å². The summed E-state index contributed by atoms with van der Waals surface area (Å²) in [6.07, 6.45) is 5.73. The fraction of sp³-hybridized carbons (Fsp3) is 0.565. The summed E-state index contributed by atoms with van der Waals surface area (Å²) in [5.41, 5.74) is 2.17. The fourth-order valence-corrected chi connectivity index (χ4v) is 4.80. The number of aryl methyl sites for hydroxylation is 1. The second-order valence-corrected chi connectivity index (χ2v) is 8.70. The van der Waals surface area contributed by atoms with Crippen LogP contribution in [0.4, 0.5) is 0 Å². The van der Waals surface area contributed by atoms with Crippen LogP contribution in [0.3, 0.4) is 0 Å². The first-order valence-corrected chi connectivity index (χ1v) is 11.5. The van der Waals surface area contributed by atoms with Crippen LogP contribution in [0.1, 0.15) is 37.0 Å². The summed E-state index contributed by atoms with van der Waals surface area (Å²) in [6, 6.07) is 8.17. The van der Waals surface area contributed by atoms with Gasteiger partial charge in [-0.25, -0.2) is 0 Å². The quantitative estimate of drug-likeness (QED) is 0.335. The van der Waals surface area contributed by atoms with Gasteiger partial charge in [-0.1, -0.05) is 29.8 Å². The minimum Gasteiger partial charge on any atom is -0.381 e. The lowest BCUT2D eigenvalue weighted by Crippen LogP contribution is -2.49. The van der Waals surface area contributed by atoms with Crippen molar-refractivity contribution >= 4 is 41.5 Å². The molecule has 2 saturated heterocycles. The molecule has 2 fully saturated rings. The van der Waals surface area contributed by atoms with E-state index in [2.05, 4.69) is 34.4 Å². The lowest BCUT2D eigenvalue weighted by molar-refractivity contribution is -0.00816. The third-order valence-electron chi connectivity index (χ3n) is 6.22. The molecule has 1 unspecified atom stereocenters. The van der Waals surface area contributed by atoms with Crippen LogP contribution in [-0.4, -0.2) is 66.6 Å². The average molecular weight is 574 g/mol. The number of guanidine groups is 1. The highest BCUT2D eigenvalue weighted by Gasteiger charge is 2.36. The van der Waals surface area contributed by atoms with E-state index in [4.69, 9.17) is 26.1 Å². The van der Waals surface area contributed by atoms with Crippen LogP contribution in [0.5, 0.6) is 0 Å². The summed E-state index contributed by atoms with van der Waals surface area (Å²) in [6.45, 7) is 7.29. The van der Waals surface area contributed by atoms with Crippen LogP contribution < -0.4 is 5.32 Å². The van der Waals surface area contributed by atoms with E-state index in [0.717, 1.165) is 62.2 Å². The number of aliphatic imine (C=N–C) groups is 1. The lowest BCUT2D eigenvalue weighted by atomic mass is 9.74. The van der Waals surface area contributed by atoms with Crippen molar-refractivity contribution in [2.24, 2.45) is 12.0 Å². The molecule has 1 N–H and O–H groups in total. The number of nitrogens with zero attached hydrogens (tertiary/aromatic N) is 4. The van der Waals surface area contributed by atoms with E-state index < -0.39 is 0 Å². The van der Waals surface area contributed by atoms with Gasteiger partial charge in [-0.15, -0.1) is 24.0 Å². The van der Waals surface area contributed by atoms with E-state index in [1.165, 1.54) is 5.56 Å². The standard InChI is InChI=1S/C23H32ClN5O2.HI/c1-3-25-22(29-10-13-31-21(16-29)18-14-27-28(2)15-18)26-17-23(8-11-30-12-9-23)19-6-4-5-7-20(19)24;/h4-7,14-15,21H,3,8-13,16-17H2,1-2H3,(H,25,26);1H. The van der Waals surface area contributed by atoms with Gasteiger partial charge in [0.15, 0.2) is 5.96 Å². The number of aromatic nitrogens is 2. The molecule has 0 saturated carbocycles. The van der Waals surface area contributed by atoms with Crippen LogP contribution in [0, 0.1) is 0 Å². The molecular formula is C23H33ClIN5O2. The van der Waals surface area contributed by atoms with Gasteiger partial charge in [0.2, 0.25) is 0 Å². The summed E-state index contributed by atoms with van der Waals surface area (Å²) < 4.78 is 13.5. The van der Waals surface area contributed by atoms with Crippen molar-refractivity contribution in [1.29, 1.82) is 0 Å². The van der Waals surface area contributed by atoms with Crippen LogP contribution in [-0.2, 0) is 21.9 Å². The molecule has 32 heavy (non-hydrogen) atoms. The third kappa shape index (κ3) is 5.76. The maximum absolute atomic E-state index is 6.62. The Bertz CT molecular complexity index is 900. The molecule has 0 spiro atoms. The Morgan fingerprint density at radius 3 is 2.75 bits per heavy atom. The second kappa shape index (κ2) is 11.7. The number of hydrogen-bond donors (Lipinski definition) is 1. The molecule has 1 aromatic heterocycles. The van der Waals surface area contributed by atoms with Gasteiger partial charge in [0, 0.05) is 55.5 Å². The number of nitrogens with one attached hydrogen (secondary N) is 1. The number of ether oxygens (including phenoxy) is 2. The number of benzene rings is 1. The van der Waals surface area contributed by atoms with Crippen molar-refractivity contribution in [2.45, 2.75) is 31.3 Å². The smallest absolute Gasteiger partial charge is 0.194 e. The Morgan fingerprint density at radius 2 is 2.06 bits per heavy atom. The summed E-state index contributed by atoms with van der Waals surface area (Å²) >= 11 is 6.62. The first-order chi connectivity index (χ1) is 15.1. The second-order valence-electron chi connectivity index (χ2n) is 8.30. The van der Waals surface area contributed by atoms with Crippen LogP contribution in [0.15, 0.2) is 41.7 Å². The van der Waals surface area contributed by atoms with Crippen molar-refractivity contribution in [2.75, 3.05) is 46.0 Å². The molecule has 2 aliphatic heterocycles. The molecule has 2 aliphatic rings. The Hall–Kier alpha value is -1.36. The summed E-state index contributed by atoms with van der Waals surface area (Å²) in [7, 11) is 1.93. The molecule has 1 atom stereocenters. The monoisotopic (exact) mass is 573 g/mol. The molecular weight excluding hydrogens is 541 g/mol. The zero-order valence-corrected chi connectivity index (χ0v) is 21.9. The zero-order valence-electron chi connectivity index (χ0n) is 18.8. The van der Waals surface area contributed by atoms with Gasteiger partial charge in [-0.2, -0.15) is 5.10 Å². The highest BCUT2D eigenvalue weighted by molar-refractivity contribution is 14.0. The molecule has 0 amide bonds. The van der Waals surface area contributed by atoms with Gasteiger partial charge in [-0.05, 0) is 31.4 Å². The first kappa shape index (κ1) is 25.3. The maximum Gasteiger partial charge on any atom is 0.194 e. The molecule has 2 aromatic rings. The summed E-state index contributed by atoms with van der Waals surface area (Å²) in [5.74, 6) is 0.928. The fourth-order valence-electron chi connectivity index (χ4n) is 4.47. The minimum absolute atomic E-state index is 0. The molecule has 3 heterocycles. The van der Waals surface area contributed by atoms with Gasteiger partial charge in [0.05, 0.1) is 25.9 Å². The molecule has 4 rings (SSSR count). The van der Waals surface area contributed by atoms with E-state index in [1.54, 1.807) is 0 Å². The topological polar surface area (TPSA) is 63.9 Å². The number of morpholine rings is 1. The highest BCUT2D eigenvalue weighted by atomic mass is 127. The largest absolute Gasteiger partial charge is 0.381 e. The Labute approximate surface area is 212 Å². The summed E-state index contributed by atoms with van der Waals surface area (Å²) in [4.78, 5) is 7.42. The Morgan fingerprint density at radius 1 is 1.28 bits per heavy atom. The number of hydrogen-bond acceptors (Lipinski definition) is 4. The van der Waals surface area contributed by atoms with E-state index in [0.29, 0.717) is 13.2 Å². The predicted octanol–water partition coefficient (Wildman–Crippen LogP) is 3.78. The van der Waals surface area contributed by atoms with E-state index in [9.17, 15) is 0 Å². The van der Waals surface area contributed by atoms with Crippen LogP contribution in [0.25, 0.3) is 0 Å². The van der Waals surface area contributed by atoms with E-state index >= 15 is 0 Å². The average Bonchev–Trinajstić information content (AvgIpc) is 3.24. The lowest BCUT2D eigenvalue weighted by Gasteiger charge is -2.38. The Kier molecular flexibility index (Phi) is 9.22. The third-order valence-corrected chi connectivity index (χ3v) is 6.55. The highest BCUT2D eigenvalue weighted by Crippen LogP contribution is 2.39. The van der Waals surface area contributed by atoms with Crippen molar-refractivity contribution in [3.05, 3.63) is 52.8 Å². The normalized spacial score (nSPS) is 21.2. The van der Waals surface area contributed by atoms with Crippen LogP contribution in [0.2, 0.25) is 5.02 Å². The van der Waals surface area contributed by atoms with Gasteiger partial charge in [-0.3, -0.25) is 9.67 Å². The SMILES string of the molecule is CCNC(=NCC1(c2ccccc2Cl)CCOCC1)N1CCOC(c2cnn(C)c2)C1.I. The molecule has 0 aliphatic carbocycles. The molecule has 7 nitrogen and oxygen atoms in total. The predicted molar refractivity (Wildman–Crippen MR) is 138 cm³/mol. The first-order valence-electron chi connectivity index (χ1n) is 11.1. The van der Waals surface area contributed by atoms with E-state index in [-0.39, 0.29) is 35.5 Å². The van der Waals surface area contributed by atoms with Crippen molar-refractivity contribution in [3.63, 3.8) is 0 Å². The van der Waals surface area contributed by atoms with Crippen LogP contribution >= 0.6 is 35.6 Å². The molecule has 0 radical (unpaired) electrons. The van der Waals surface area contributed by atoms with Crippen molar-refractivity contribution < 1.29 is 9.47 Å². The van der Waals surface area contributed by atoms with Gasteiger partial charge < -0.3 is 19.7 Å². The molecule has 176 valence electrons. The van der Waals surface area contributed by atoms with Gasteiger partial charge in [0.1, 0.15) is 6.10 Å². The number of rotatable bonds is 5. The van der Waals surface area contributed by atoms with E-state index in [1.807, 2.05) is 36.3 Å².